The minimum absolute atomic E-state index is 0.172. The average molecular weight is 493 g/mol. The van der Waals surface area contributed by atoms with Gasteiger partial charge in [-0.2, -0.15) is 20.0 Å². The minimum Gasteiger partial charge on any atom is -0.393 e. The van der Waals surface area contributed by atoms with Gasteiger partial charge in [0.1, 0.15) is 6.07 Å². The van der Waals surface area contributed by atoms with Gasteiger partial charge >= 0.3 is 0 Å². The van der Waals surface area contributed by atoms with Crippen molar-refractivity contribution in [2.75, 3.05) is 48.3 Å². The zero-order valence-corrected chi connectivity index (χ0v) is 20.0. The molecule has 35 heavy (non-hydrogen) atoms. The molecule has 0 atom stereocenters. The third-order valence-electron chi connectivity index (χ3n) is 6.51. The van der Waals surface area contributed by atoms with Gasteiger partial charge in [0.2, 0.25) is 5.95 Å². The molecule has 0 spiro atoms. The Kier molecular flexibility index (Phi) is 6.31. The number of anilines is 4. The summed E-state index contributed by atoms with van der Waals surface area (Å²) >= 11 is 6.83. The van der Waals surface area contributed by atoms with Crippen LogP contribution in [0, 0.1) is 22.7 Å². The van der Waals surface area contributed by atoms with Crippen molar-refractivity contribution in [3.63, 3.8) is 0 Å². The fraction of sp³-hybridized carbons (Fsp3) is 0.435. The quantitative estimate of drug-likeness (QED) is 0.469. The molecule has 180 valence electrons. The first-order valence-corrected chi connectivity index (χ1v) is 12.0. The topological polar surface area (TPSA) is 141 Å². The van der Waals surface area contributed by atoms with Crippen molar-refractivity contribution in [2.45, 2.75) is 31.9 Å². The molecular weight excluding hydrogens is 468 g/mol. The number of aliphatic hydroxyl groups excluding tert-OH is 1. The molecule has 2 aliphatic rings. The largest absolute Gasteiger partial charge is 0.393 e. The van der Waals surface area contributed by atoms with E-state index in [0.717, 1.165) is 44.7 Å². The number of nitrogens with one attached hydrogen (secondary N) is 2. The van der Waals surface area contributed by atoms with Crippen molar-refractivity contribution in [3.8, 4) is 12.1 Å². The predicted octanol–water partition coefficient (Wildman–Crippen LogP) is 2.34. The standard InChI is InChI=1S/C23H25ClN10O/c1-2-27-21-22-28-13-16(12-26)34(22)31-23(30-21)29-18-7-14(11-25)8-19(20(18)24)33-5-3-32(4-6-33)15-9-17(35)10-15/h7-8,13,15,17,35H,2-6,9-10H2,1H3,(H2,27,29,30,31). The first kappa shape index (κ1) is 23.1. The number of hydrogen-bond acceptors (Lipinski definition) is 10. The van der Waals surface area contributed by atoms with Crippen molar-refractivity contribution in [2.24, 2.45) is 0 Å². The molecule has 3 aromatic rings. The lowest BCUT2D eigenvalue weighted by atomic mass is 9.87. The van der Waals surface area contributed by atoms with Gasteiger partial charge in [-0.1, -0.05) is 11.6 Å². The molecule has 1 saturated heterocycles. The van der Waals surface area contributed by atoms with Crippen molar-refractivity contribution in [1.29, 1.82) is 10.5 Å². The normalized spacial score (nSPS) is 20.2. The van der Waals surface area contributed by atoms with Crippen molar-refractivity contribution in [1.82, 2.24) is 24.5 Å². The number of nitrogens with zero attached hydrogens (tertiary/aromatic N) is 8. The molecule has 1 saturated carbocycles. The number of aromatic nitrogens is 4. The number of nitriles is 2. The van der Waals surface area contributed by atoms with E-state index in [-0.39, 0.29) is 17.7 Å². The number of imidazole rings is 1. The molecule has 3 N–H and O–H groups in total. The number of benzene rings is 1. The Hall–Kier alpha value is -3.64. The Labute approximate surface area is 207 Å². The number of piperazine rings is 1. The fourth-order valence-electron chi connectivity index (χ4n) is 4.60. The van der Waals surface area contributed by atoms with Crippen LogP contribution in [-0.2, 0) is 0 Å². The predicted molar refractivity (Wildman–Crippen MR) is 132 cm³/mol. The highest BCUT2D eigenvalue weighted by Gasteiger charge is 2.34. The Bertz CT molecular complexity index is 1330. The maximum Gasteiger partial charge on any atom is 0.247 e. The lowest BCUT2D eigenvalue weighted by Gasteiger charge is -2.45. The van der Waals surface area contributed by atoms with Crippen LogP contribution in [0.3, 0.4) is 0 Å². The summed E-state index contributed by atoms with van der Waals surface area (Å²) in [6.45, 7) is 5.84. The Morgan fingerprint density at radius 2 is 1.94 bits per heavy atom. The molecule has 0 radical (unpaired) electrons. The van der Waals surface area contributed by atoms with Crippen LogP contribution < -0.4 is 15.5 Å². The molecule has 1 aromatic carbocycles. The van der Waals surface area contributed by atoms with E-state index >= 15 is 0 Å². The van der Waals surface area contributed by atoms with E-state index in [1.54, 1.807) is 12.1 Å². The summed E-state index contributed by atoms with van der Waals surface area (Å²) in [6.07, 6.45) is 2.94. The lowest BCUT2D eigenvalue weighted by molar-refractivity contribution is -0.000359. The molecule has 0 bridgehead atoms. The lowest BCUT2D eigenvalue weighted by Crippen LogP contribution is -2.55. The SMILES string of the molecule is CCNc1nc(Nc2cc(C#N)cc(N3CCN(C4CC(O)C4)CC3)c2Cl)nn2c(C#N)cnc12. The summed E-state index contributed by atoms with van der Waals surface area (Å²) in [4.78, 5) is 13.3. The van der Waals surface area contributed by atoms with Crippen LogP contribution in [-0.4, -0.2) is 74.5 Å². The smallest absolute Gasteiger partial charge is 0.247 e. The summed E-state index contributed by atoms with van der Waals surface area (Å²) in [5, 5.41) is 39.9. The van der Waals surface area contributed by atoms with E-state index in [1.165, 1.54) is 10.7 Å². The van der Waals surface area contributed by atoms with E-state index in [9.17, 15) is 15.6 Å². The molecule has 2 aromatic heterocycles. The van der Waals surface area contributed by atoms with Gasteiger partial charge < -0.3 is 20.6 Å². The summed E-state index contributed by atoms with van der Waals surface area (Å²) in [5.41, 5.74) is 2.47. The van der Waals surface area contributed by atoms with Crippen molar-refractivity contribution < 1.29 is 5.11 Å². The minimum atomic E-state index is -0.172. The van der Waals surface area contributed by atoms with Gasteiger partial charge in [0, 0.05) is 38.8 Å². The zero-order valence-electron chi connectivity index (χ0n) is 19.2. The fourth-order valence-corrected chi connectivity index (χ4v) is 4.87. The Morgan fingerprint density at radius 3 is 2.60 bits per heavy atom. The number of hydrogen-bond donors (Lipinski definition) is 3. The summed E-state index contributed by atoms with van der Waals surface area (Å²) in [7, 11) is 0. The second-order valence-electron chi connectivity index (χ2n) is 8.70. The van der Waals surface area contributed by atoms with Gasteiger partial charge in [-0.25, -0.2) is 4.98 Å². The van der Waals surface area contributed by atoms with Gasteiger partial charge in [0.15, 0.2) is 17.2 Å². The molecular formula is C23H25ClN10O. The van der Waals surface area contributed by atoms with Crippen LogP contribution in [0.1, 0.15) is 31.0 Å². The molecule has 0 amide bonds. The van der Waals surface area contributed by atoms with Crippen LogP contribution >= 0.6 is 11.6 Å². The van der Waals surface area contributed by atoms with Gasteiger partial charge in [-0.3, -0.25) is 4.90 Å². The number of aliphatic hydroxyl groups is 1. The van der Waals surface area contributed by atoms with E-state index < -0.39 is 0 Å². The van der Waals surface area contributed by atoms with Crippen molar-refractivity contribution in [3.05, 3.63) is 34.6 Å². The highest BCUT2D eigenvalue weighted by atomic mass is 35.5. The highest BCUT2D eigenvalue weighted by Crippen LogP contribution is 2.37. The van der Waals surface area contributed by atoms with Crippen LogP contribution in [0.2, 0.25) is 5.02 Å². The third-order valence-corrected chi connectivity index (χ3v) is 6.91. The Morgan fingerprint density at radius 1 is 1.17 bits per heavy atom. The first-order valence-electron chi connectivity index (χ1n) is 11.6. The Balaban J connectivity index is 1.43. The summed E-state index contributed by atoms with van der Waals surface area (Å²) in [6, 6.07) is 8.20. The average Bonchev–Trinajstić information content (AvgIpc) is 3.27. The van der Waals surface area contributed by atoms with Crippen LogP contribution in [0.5, 0.6) is 0 Å². The maximum atomic E-state index is 9.66. The molecule has 3 heterocycles. The molecule has 11 nitrogen and oxygen atoms in total. The van der Waals surface area contributed by atoms with Gasteiger partial charge in [0.25, 0.3) is 0 Å². The van der Waals surface area contributed by atoms with Crippen LogP contribution in [0.4, 0.5) is 23.1 Å². The molecule has 0 unspecified atom stereocenters. The molecule has 2 fully saturated rings. The van der Waals surface area contributed by atoms with Crippen LogP contribution in [0.15, 0.2) is 18.3 Å². The van der Waals surface area contributed by atoms with E-state index in [2.05, 4.69) is 47.6 Å². The monoisotopic (exact) mass is 492 g/mol. The molecule has 1 aliphatic carbocycles. The highest BCUT2D eigenvalue weighted by molar-refractivity contribution is 6.36. The molecule has 12 heteroatoms. The second-order valence-corrected chi connectivity index (χ2v) is 9.08. The van der Waals surface area contributed by atoms with Crippen molar-refractivity contribution >= 4 is 40.4 Å². The van der Waals surface area contributed by atoms with E-state index in [0.29, 0.717) is 40.3 Å². The third kappa shape index (κ3) is 4.42. The van der Waals surface area contributed by atoms with Gasteiger partial charge in [0.05, 0.1) is 40.3 Å². The molecule has 1 aliphatic heterocycles. The first-order chi connectivity index (χ1) is 17.0. The number of fused-ring (bicyclic) bond motifs is 1. The van der Waals surface area contributed by atoms with Crippen LogP contribution in [0.25, 0.3) is 5.65 Å². The zero-order chi connectivity index (χ0) is 24.5. The van der Waals surface area contributed by atoms with E-state index in [1.807, 2.05) is 6.92 Å². The van der Waals surface area contributed by atoms with E-state index in [4.69, 9.17) is 11.6 Å². The summed E-state index contributed by atoms with van der Waals surface area (Å²) < 4.78 is 1.42. The van der Waals surface area contributed by atoms with Gasteiger partial charge in [-0.15, -0.1) is 5.10 Å². The summed E-state index contributed by atoms with van der Waals surface area (Å²) in [5.74, 6) is 0.704. The number of halogens is 1. The molecule has 5 rings (SSSR count). The second kappa shape index (κ2) is 9.55. The number of rotatable bonds is 6. The van der Waals surface area contributed by atoms with Gasteiger partial charge in [-0.05, 0) is 31.9 Å². The maximum absolute atomic E-state index is 9.66.